The lowest BCUT2D eigenvalue weighted by Gasteiger charge is -2.47. The first-order valence-corrected chi connectivity index (χ1v) is 7.35. The van der Waals surface area contributed by atoms with Gasteiger partial charge in [-0.15, -0.1) is 0 Å². The Morgan fingerprint density at radius 1 is 1.43 bits per heavy atom. The van der Waals surface area contributed by atoms with Crippen LogP contribution in [-0.2, 0) is 26.2 Å². The zero-order valence-electron chi connectivity index (χ0n) is 11.9. The third-order valence-corrected chi connectivity index (χ3v) is 4.42. The van der Waals surface area contributed by atoms with Crippen molar-refractivity contribution >= 4 is 16.9 Å². The molecule has 1 spiro atoms. The van der Waals surface area contributed by atoms with Gasteiger partial charge in [0.15, 0.2) is 0 Å². The topological polar surface area (TPSA) is 63.4 Å². The number of H-pyrrole nitrogens is 1. The molecule has 1 aromatic carbocycles. The minimum atomic E-state index is -0.305. The molecular weight excluding hydrogens is 268 g/mol. The van der Waals surface area contributed by atoms with E-state index in [1.54, 1.807) is 0 Å². The number of para-hydroxylation sites is 1. The lowest BCUT2D eigenvalue weighted by molar-refractivity contribution is -0.150. The third-order valence-electron chi connectivity index (χ3n) is 4.42. The van der Waals surface area contributed by atoms with Crippen LogP contribution >= 0.6 is 0 Å². The summed E-state index contributed by atoms with van der Waals surface area (Å²) in [7, 11) is 0. The molecule has 5 nitrogen and oxygen atoms in total. The number of carbonyl (C=O) groups excluding carboxylic acids is 1. The van der Waals surface area contributed by atoms with Gasteiger partial charge in [0.25, 0.3) is 0 Å². The van der Waals surface area contributed by atoms with E-state index in [0.717, 1.165) is 11.2 Å². The van der Waals surface area contributed by atoms with Crippen LogP contribution in [0, 0.1) is 0 Å². The second-order valence-electron chi connectivity index (χ2n) is 5.75. The summed E-state index contributed by atoms with van der Waals surface area (Å²) in [5.41, 5.74) is 3.21. The second-order valence-corrected chi connectivity index (χ2v) is 5.75. The van der Waals surface area contributed by atoms with Crippen molar-refractivity contribution in [1.29, 1.82) is 0 Å². The fourth-order valence-electron chi connectivity index (χ4n) is 3.40. The van der Waals surface area contributed by atoms with Gasteiger partial charge in [-0.1, -0.05) is 18.2 Å². The van der Waals surface area contributed by atoms with Crippen molar-refractivity contribution in [1.82, 2.24) is 10.3 Å². The molecule has 2 aliphatic heterocycles. The van der Waals surface area contributed by atoms with Gasteiger partial charge in [0, 0.05) is 23.0 Å². The first-order chi connectivity index (χ1) is 10.2. The average molecular weight is 286 g/mol. The predicted octanol–water partition coefficient (Wildman–Crippen LogP) is 1.47. The van der Waals surface area contributed by atoms with E-state index in [9.17, 15) is 4.79 Å². The van der Waals surface area contributed by atoms with E-state index in [1.165, 1.54) is 10.9 Å². The number of aromatic amines is 1. The van der Waals surface area contributed by atoms with Crippen LogP contribution in [0.15, 0.2) is 24.3 Å². The summed E-state index contributed by atoms with van der Waals surface area (Å²) in [5.74, 6) is -0.181. The molecule has 1 saturated heterocycles. The molecule has 110 valence electrons. The van der Waals surface area contributed by atoms with Crippen LogP contribution in [0.4, 0.5) is 0 Å². The second kappa shape index (κ2) is 4.58. The van der Waals surface area contributed by atoms with E-state index in [0.29, 0.717) is 26.2 Å². The van der Waals surface area contributed by atoms with Crippen molar-refractivity contribution in [3.63, 3.8) is 0 Å². The van der Waals surface area contributed by atoms with Crippen LogP contribution in [-0.4, -0.2) is 36.8 Å². The number of nitrogens with one attached hydrogen (secondary N) is 2. The first kappa shape index (κ1) is 12.9. The first-order valence-electron chi connectivity index (χ1n) is 7.35. The summed E-state index contributed by atoms with van der Waals surface area (Å²) >= 11 is 0. The Hall–Kier alpha value is -1.85. The highest BCUT2D eigenvalue weighted by Gasteiger charge is 2.49. The molecule has 2 N–H and O–H groups in total. The van der Waals surface area contributed by atoms with Gasteiger partial charge in [0.1, 0.15) is 11.6 Å². The number of hydrogen-bond donors (Lipinski definition) is 2. The highest BCUT2D eigenvalue weighted by molar-refractivity contribution is 5.87. The zero-order chi connectivity index (χ0) is 14.4. The van der Waals surface area contributed by atoms with E-state index < -0.39 is 0 Å². The lowest BCUT2D eigenvalue weighted by Crippen LogP contribution is -2.65. The molecule has 0 saturated carbocycles. The fraction of sp³-hybridized carbons (Fsp3) is 0.438. The highest BCUT2D eigenvalue weighted by Crippen LogP contribution is 2.39. The number of benzene rings is 1. The SMILES string of the molecule is CCOC(=O)C1Cc2c([nH]c3ccccc23)C2(COC2)N1. The molecule has 0 aliphatic carbocycles. The summed E-state index contributed by atoms with van der Waals surface area (Å²) < 4.78 is 10.6. The minimum absolute atomic E-state index is 0.181. The van der Waals surface area contributed by atoms with Crippen molar-refractivity contribution in [3.8, 4) is 0 Å². The summed E-state index contributed by atoms with van der Waals surface area (Å²) in [4.78, 5) is 15.7. The van der Waals surface area contributed by atoms with Crippen LogP contribution in [0.5, 0.6) is 0 Å². The van der Waals surface area contributed by atoms with Crippen LogP contribution in [0.3, 0.4) is 0 Å². The number of hydrogen-bond acceptors (Lipinski definition) is 4. The highest BCUT2D eigenvalue weighted by atomic mass is 16.5. The standard InChI is InChI=1S/C16H18N2O3/c1-2-21-15(19)13-7-11-10-5-3-4-6-12(10)17-14(11)16(18-13)8-20-9-16/h3-6,13,17-18H,2,7-9H2,1H3. The average Bonchev–Trinajstić information content (AvgIpc) is 2.83. The molecule has 1 unspecified atom stereocenters. The van der Waals surface area contributed by atoms with Gasteiger partial charge in [-0.3, -0.25) is 10.1 Å². The largest absolute Gasteiger partial charge is 0.465 e. The number of esters is 1. The van der Waals surface area contributed by atoms with Gasteiger partial charge in [-0.2, -0.15) is 0 Å². The zero-order valence-corrected chi connectivity index (χ0v) is 11.9. The van der Waals surface area contributed by atoms with Crippen molar-refractivity contribution in [2.75, 3.05) is 19.8 Å². The van der Waals surface area contributed by atoms with Gasteiger partial charge in [0.05, 0.1) is 19.8 Å². The minimum Gasteiger partial charge on any atom is -0.465 e. The Labute approximate surface area is 122 Å². The Kier molecular flexibility index (Phi) is 2.80. The van der Waals surface area contributed by atoms with Crippen molar-refractivity contribution in [2.45, 2.75) is 24.9 Å². The number of aromatic nitrogens is 1. The van der Waals surface area contributed by atoms with Crippen molar-refractivity contribution < 1.29 is 14.3 Å². The summed E-state index contributed by atoms with van der Waals surface area (Å²) in [6, 6.07) is 7.92. The molecule has 3 heterocycles. The maximum Gasteiger partial charge on any atom is 0.323 e. The molecule has 4 rings (SSSR count). The molecule has 5 heteroatoms. The normalized spacial score (nSPS) is 22.8. The Balaban J connectivity index is 1.81. The van der Waals surface area contributed by atoms with Crippen LogP contribution in [0.1, 0.15) is 18.2 Å². The number of carbonyl (C=O) groups is 1. The van der Waals surface area contributed by atoms with Gasteiger partial charge in [0.2, 0.25) is 0 Å². The Morgan fingerprint density at radius 3 is 2.95 bits per heavy atom. The lowest BCUT2D eigenvalue weighted by atomic mass is 9.82. The monoisotopic (exact) mass is 286 g/mol. The maximum atomic E-state index is 12.2. The molecule has 0 amide bonds. The van der Waals surface area contributed by atoms with E-state index in [-0.39, 0.29) is 17.6 Å². The molecule has 1 fully saturated rings. The molecule has 2 aromatic rings. The van der Waals surface area contributed by atoms with Crippen molar-refractivity contribution in [3.05, 3.63) is 35.5 Å². The summed E-state index contributed by atoms with van der Waals surface area (Å²) in [6.07, 6.45) is 0.653. The van der Waals surface area contributed by atoms with Crippen LogP contribution < -0.4 is 5.32 Å². The number of fused-ring (bicyclic) bond motifs is 4. The fourth-order valence-corrected chi connectivity index (χ4v) is 3.40. The van der Waals surface area contributed by atoms with Crippen molar-refractivity contribution in [2.24, 2.45) is 0 Å². The summed E-state index contributed by atoms with van der Waals surface area (Å²) in [6.45, 7) is 3.41. The van der Waals surface area contributed by atoms with E-state index >= 15 is 0 Å². The van der Waals surface area contributed by atoms with Crippen LogP contribution in [0.2, 0.25) is 0 Å². The van der Waals surface area contributed by atoms with Gasteiger partial charge >= 0.3 is 5.97 Å². The molecule has 0 radical (unpaired) electrons. The molecule has 2 aliphatic rings. The van der Waals surface area contributed by atoms with E-state index in [4.69, 9.17) is 9.47 Å². The number of rotatable bonds is 2. The van der Waals surface area contributed by atoms with Crippen LogP contribution in [0.25, 0.3) is 10.9 Å². The Bertz CT molecular complexity index is 703. The van der Waals surface area contributed by atoms with E-state index in [1.807, 2.05) is 19.1 Å². The number of ether oxygens (including phenoxy) is 2. The molecule has 0 bridgehead atoms. The third kappa shape index (κ3) is 1.81. The summed E-state index contributed by atoms with van der Waals surface area (Å²) in [5, 5.41) is 4.63. The Morgan fingerprint density at radius 2 is 2.24 bits per heavy atom. The molecular formula is C16H18N2O3. The van der Waals surface area contributed by atoms with Gasteiger partial charge < -0.3 is 14.5 Å². The molecule has 1 aromatic heterocycles. The van der Waals surface area contributed by atoms with Gasteiger partial charge in [-0.25, -0.2) is 0 Å². The molecule has 1 atom stereocenters. The van der Waals surface area contributed by atoms with E-state index in [2.05, 4.69) is 22.4 Å². The smallest absolute Gasteiger partial charge is 0.323 e. The quantitative estimate of drug-likeness (QED) is 0.821. The van der Waals surface area contributed by atoms with Gasteiger partial charge in [-0.05, 0) is 18.6 Å². The molecule has 21 heavy (non-hydrogen) atoms. The maximum absolute atomic E-state index is 12.2. The predicted molar refractivity (Wildman–Crippen MR) is 78.1 cm³/mol.